The van der Waals surface area contributed by atoms with Gasteiger partial charge in [-0.05, 0) is 18.7 Å². The van der Waals surface area contributed by atoms with Crippen LogP contribution in [-0.2, 0) is 19.6 Å². The predicted molar refractivity (Wildman–Crippen MR) is 73.1 cm³/mol. The standard InChI is InChI=1S/C13H20N6/c1-2-18(9-12-5-3-4-7-15-12)10-13-11-19(8-6-14)17-16-13/h3-5,7,11H,2,6,8-10,14H2,1H3. The Morgan fingerprint density at radius 2 is 2.11 bits per heavy atom. The lowest BCUT2D eigenvalue weighted by Crippen LogP contribution is -2.23. The molecule has 102 valence electrons. The molecular formula is C13H20N6. The lowest BCUT2D eigenvalue weighted by molar-refractivity contribution is 0.265. The van der Waals surface area contributed by atoms with Gasteiger partial charge < -0.3 is 5.73 Å². The lowest BCUT2D eigenvalue weighted by atomic mass is 10.3. The summed E-state index contributed by atoms with van der Waals surface area (Å²) in [6.07, 6.45) is 3.77. The average Bonchev–Trinajstić information content (AvgIpc) is 2.87. The van der Waals surface area contributed by atoms with Crippen molar-refractivity contribution in [3.63, 3.8) is 0 Å². The van der Waals surface area contributed by atoms with Gasteiger partial charge in [0.1, 0.15) is 0 Å². The second-order valence-corrected chi connectivity index (χ2v) is 4.39. The fourth-order valence-electron chi connectivity index (χ4n) is 1.88. The molecule has 2 rings (SSSR count). The minimum Gasteiger partial charge on any atom is -0.329 e. The Bertz CT molecular complexity index is 481. The smallest absolute Gasteiger partial charge is 0.0967 e. The maximum absolute atomic E-state index is 5.49. The van der Waals surface area contributed by atoms with Gasteiger partial charge in [-0.25, -0.2) is 0 Å². The SMILES string of the molecule is CCN(Cc1ccccn1)Cc1cn(CCN)nn1. The van der Waals surface area contributed by atoms with Crippen molar-refractivity contribution in [3.8, 4) is 0 Å². The van der Waals surface area contributed by atoms with Gasteiger partial charge in [-0.2, -0.15) is 0 Å². The van der Waals surface area contributed by atoms with Crippen molar-refractivity contribution in [2.75, 3.05) is 13.1 Å². The summed E-state index contributed by atoms with van der Waals surface area (Å²) in [6, 6.07) is 5.97. The fraction of sp³-hybridized carbons (Fsp3) is 0.462. The van der Waals surface area contributed by atoms with Gasteiger partial charge in [0.2, 0.25) is 0 Å². The third-order valence-corrected chi connectivity index (χ3v) is 2.89. The van der Waals surface area contributed by atoms with Crippen LogP contribution in [0.4, 0.5) is 0 Å². The number of aromatic nitrogens is 4. The van der Waals surface area contributed by atoms with Crippen LogP contribution in [0.1, 0.15) is 18.3 Å². The number of nitrogens with two attached hydrogens (primary N) is 1. The van der Waals surface area contributed by atoms with Gasteiger partial charge in [-0.3, -0.25) is 14.6 Å². The first-order valence-corrected chi connectivity index (χ1v) is 6.53. The highest BCUT2D eigenvalue weighted by molar-refractivity contribution is 5.03. The highest BCUT2D eigenvalue weighted by atomic mass is 15.4. The van der Waals surface area contributed by atoms with Crippen LogP contribution in [-0.4, -0.2) is 38.0 Å². The minimum atomic E-state index is 0.578. The molecule has 6 nitrogen and oxygen atoms in total. The lowest BCUT2D eigenvalue weighted by Gasteiger charge is -2.18. The summed E-state index contributed by atoms with van der Waals surface area (Å²) in [5.41, 5.74) is 7.52. The summed E-state index contributed by atoms with van der Waals surface area (Å²) >= 11 is 0. The first-order chi connectivity index (χ1) is 9.31. The molecule has 2 aromatic heterocycles. The van der Waals surface area contributed by atoms with Gasteiger partial charge in [0.15, 0.2) is 0 Å². The van der Waals surface area contributed by atoms with Crippen LogP contribution >= 0.6 is 0 Å². The van der Waals surface area contributed by atoms with E-state index < -0.39 is 0 Å². The highest BCUT2D eigenvalue weighted by Crippen LogP contribution is 2.05. The van der Waals surface area contributed by atoms with Crippen LogP contribution in [0.3, 0.4) is 0 Å². The minimum absolute atomic E-state index is 0.578. The normalized spacial score (nSPS) is 11.1. The largest absolute Gasteiger partial charge is 0.329 e. The van der Waals surface area contributed by atoms with E-state index >= 15 is 0 Å². The van der Waals surface area contributed by atoms with Crippen molar-refractivity contribution < 1.29 is 0 Å². The maximum atomic E-state index is 5.49. The Hall–Kier alpha value is -1.79. The number of hydrogen-bond donors (Lipinski definition) is 1. The molecule has 2 N–H and O–H groups in total. The molecule has 0 bridgehead atoms. The van der Waals surface area contributed by atoms with Gasteiger partial charge in [0.25, 0.3) is 0 Å². The summed E-state index contributed by atoms with van der Waals surface area (Å²) in [5.74, 6) is 0. The average molecular weight is 260 g/mol. The van der Waals surface area contributed by atoms with E-state index in [4.69, 9.17) is 5.73 Å². The Kier molecular flexibility index (Phi) is 5.00. The molecule has 0 aliphatic rings. The number of nitrogens with zero attached hydrogens (tertiary/aromatic N) is 5. The second kappa shape index (κ2) is 6.96. The number of hydrogen-bond acceptors (Lipinski definition) is 5. The van der Waals surface area contributed by atoms with Crippen LogP contribution in [0.25, 0.3) is 0 Å². The Morgan fingerprint density at radius 3 is 2.79 bits per heavy atom. The fourth-order valence-corrected chi connectivity index (χ4v) is 1.88. The highest BCUT2D eigenvalue weighted by Gasteiger charge is 2.08. The molecule has 0 amide bonds. The molecule has 0 atom stereocenters. The molecular weight excluding hydrogens is 240 g/mol. The summed E-state index contributed by atoms with van der Waals surface area (Å²) in [7, 11) is 0. The molecule has 6 heteroatoms. The van der Waals surface area contributed by atoms with E-state index in [9.17, 15) is 0 Å². The second-order valence-electron chi connectivity index (χ2n) is 4.39. The van der Waals surface area contributed by atoms with Crippen molar-refractivity contribution in [1.29, 1.82) is 0 Å². The third-order valence-electron chi connectivity index (χ3n) is 2.89. The van der Waals surface area contributed by atoms with E-state index in [-0.39, 0.29) is 0 Å². The van der Waals surface area contributed by atoms with Crippen molar-refractivity contribution in [2.45, 2.75) is 26.6 Å². The van der Waals surface area contributed by atoms with Crippen molar-refractivity contribution in [2.24, 2.45) is 5.73 Å². The van der Waals surface area contributed by atoms with Crippen LogP contribution in [0, 0.1) is 0 Å². The van der Waals surface area contributed by atoms with Gasteiger partial charge in [-0.1, -0.05) is 18.2 Å². The van der Waals surface area contributed by atoms with E-state index in [1.165, 1.54) is 0 Å². The zero-order valence-electron chi connectivity index (χ0n) is 11.2. The van der Waals surface area contributed by atoms with Crippen LogP contribution in [0.2, 0.25) is 0 Å². The quantitative estimate of drug-likeness (QED) is 0.791. The first-order valence-electron chi connectivity index (χ1n) is 6.53. The molecule has 0 aliphatic carbocycles. The molecule has 2 aromatic rings. The molecule has 0 unspecified atom stereocenters. The molecule has 0 aliphatic heterocycles. The molecule has 0 fully saturated rings. The van der Waals surface area contributed by atoms with Gasteiger partial charge >= 0.3 is 0 Å². The predicted octanol–water partition coefficient (Wildman–Crippen LogP) is 0.654. The van der Waals surface area contributed by atoms with Crippen molar-refractivity contribution >= 4 is 0 Å². The van der Waals surface area contributed by atoms with Crippen molar-refractivity contribution in [1.82, 2.24) is 24.9 Å². The summed E-state index contributed by atoms with van der Waals surface area (Å²) in [5, 5.41) is 8.20. The molecule has 0 saturated heterocycles. The summed E-state index contributed by atoms with van der Waals surface area (Å²) < 4.78 is 1.78. The zero-order valence-corrected chi connectivity index (χ0v) is 11.2. The number of pyridine rings is 1. The van der Waals surface area contributed by atoms with E-state index in [0.29, 0.717) is 13.1 Å². The molecule has 0 saturated carbocycles. The van der Waals surface area contributed by atoms with E-state index in [1.807, 2.05) is 30.6 Å². The number of rotatable bonds is 7. The molecule has 0 spiro atoms. The van der Waals surface area contributed by atoms with E-state index in [0.717, 1.165) is 31.0 Å². The zero-order chi connectivity index (χ0) is 13.5. The maximum Gasteiger partial charge on any atom is 0.0967 e. The molecule has 2 heterocycles. The molecule has 0 radical (unpaired) electrons. The van der Waals surface area contributed by atoms with Crippen LogP contribution in [0.15, 0.2) is 30.6 Å². The summed E-state index contributed by atoms with van der Waals surface area (Å²) in [4.78, 5) is 6.62. The van der Waals surface area contributed by atoms with Gasteiger partial charge in [-0.15, -0.1) is 5.10 Å². The molecule has 19 heavy (non-hydrogen) atoms. The van der Waals surface area contributed by atoms with E-state index in [2.05, 4.69) is 27.1 Å². The molecule has 0 aromatic carbocycles. The Balaban J connectivity index is 1.94. The Morgan fingerprint density at radius 1 is 1.26 bits per heavy atom. The summed E-state index contributed by atoms with van der Waals surface area (Å²) in [6.45, 7) is 5.96. The van der Waals surface area contributed by atoms with E-state index in [1.54, 1.807) is 4.68 Å². The van der Waals surface area contributed by atoms with Crippen LogP contribution < -0.4 is 5.73 Å². The van der Waals surface area contributed by atoms with Crippen LogP contribution in [0.5, 0.6) is 0 Å². The first kappa shape index (κ1) is 13.6. The Labute approximate surface area is 113 Å². The monoisotopic (exact) mass is 260 g/mol. The van der Waals surface area contributed by atoms with Crippen molar-refractivity contribution in [3.05, 3.63) is 42.0 Å². The third kappa shape index (κ3) is 4.11. The topological polar surface area (TPSA) is 72.9 Å². The van der Waals surface area contributed by atoms with Gasteiger partial charge in [0, 0.05) is 32.0 Å². The van der Waals surface area contributed by atoms with Gasteiger partial charge in [0.05, 0.1) is 17.9 Å².